The van der Waals surface area contributed by atoms with Gasteiger partial charge in [-0.05, 0) is 31.8 Å². The lowest BCUT2D eigenvalue weighted by Gasteiger charge is -2.11. The lowest BCUT2D eigenvalue weighted by molar-refractivity contribution is 0.395. The Kier molecular flexibility index (Phi) is 4.03. The number of ether oxygens (including phenoxy) is 1. The summed E-state index contributed by atoms with van der Waals surface area (Å²) in [5, 5.41) is 0. The van der Waals surface area contributed by atoms with Crippen molar-refractivity contribution < 1.29 is 9.53 Å². The van der Waals surface area contributed by atoms with Crippen molar-refractivity contribution >= 4 is 11.8 Å². The Morgan fingerprint density at radius 3 is 2.67 bits per heavy atom. The van der Waals surface area contributed by atoms with E-state index in [2.05, 4.69) is 4.99 Å². The average Bonchev–Trinajstić information content (AvgIpc) is 2.16. The van der Waals surface area contributed by atoms with Gasteiger partial charge in [0.25, 0.3) is 0 Å². The third-order valence-electron chi connectivity index (χ3n) is 1.86. The predicted octanol–water partition coefficient (Wildman–Crippen LogP) is 1.72. The van der Waals surface area contributed by atoms with Gasteiger partial charge in [0.1, 0.15) is 5.75 Å². The third kappa shape index (κ3) is 3.54. The Morgan fingerprint density at radius 1 is 1.40 bits per heavy atom. The second-order valence-electron chi connectivity index (χ2n) is 3.48. The molecule has 0 aliphatic rings. The first-order valence-corrected chi connectivity index (χ1v) is 4.56. The summed E-state index contributed by atoms with van der Waals surface area (Å²) in [6.45, 7) is 0.776. The Morgan fingerprint density at radius 2 is 2.13 bits per heavy atom. The highest BCUT2D eigenvalue weighted by atomic mass is 16.5. The third-order valence-corrected chi connectivity index (χ3v) is 1.86. The van der Waals surface area contributed by atoms with E-state index < -0.39 is 0 Å². The number of carbonyl (C=O) groups excluding carboxylic acids is 1. The van der Waals surface area contributed by atoms with Crippen LogP contribution in [0.5, 0.6) is 5.75 Å². The first kappa shape index (κ1) is 11.4. The fourth-order valence-corrected chi connectivity index (χ4v) is 1.33. The second-order valence-corrected chi connectivity index (χ2v) is 3.48. The maximum Gasteiger partial charge on any atom is 0.240 e. The van der Waals surface area contributed by atoms with Gasteiger partial charge in [0.15, 0.2) is 0 Å². The van der Waals surface area contributed by atoms with E-state index in [1.807, 2.05) is 31.1 Å². The van der Waals surface area contributed by atoms with Crippen molar-refractivity contribution in [3.05, 3.63) is 23.8 Å². The number of methoxy groups -OCH3 is 1. The van der Waals surface area contributed by atoms with Gasteiger partial charge in [-0.2, -0.15) is 4.99 Å². The Balaban J connectivity index is 3.05. The summed E-state index contributed by atoms with van der Waals surface area (Å²) in [6, 6.07) is 5.46. The molecule has 0 saturated carbocycles. The van der Waals surface area contributed by atoms with E-state index >= 15 is 0 Å². The zero-order valence-corrected chi connectivity index (χ0v) is 9.15. The number of hydrogen-bond acceptors (Lipinski definition) is 4. The van der Waals surface area contributed by atoms with Crippen LogP contribution in [-0.2, 0) is 11.3 Å². The molecule has 0 atom stereocenters. The topological polar surface area (TPSA) is 41.9 Å². The van der Waals surface area contributed by atoms with Crippen LogP contribution in [-0.4, -0.2) is 32.2 Å². The highest BCUT2D eigenvalue weighted by molar-refractivity contribution is 5.53. The van der Waals surface area contributed by atoms with E-state index in [0.717, 1.165) is 12.1 Å². The van der Waals surface area contributed by atoms with Gasteiger partial charge in [-0.1, -0.05) is 0 Å². The summed E-state index contributed by atoms with van der Waals surface area (Å²) in [5.74, 6) is 0.698. The van der Waals surface area contributed by atoms with Crippen LogP contribution >= 0.6 is 0 Å². The Labute approximate surface area is 89.2 Å². The summed E-state index contributed by atoms with van der Waals surface area (Å²) in [5.41, 5.74) is 1.62. The molecule has 0 heterocycles. The molecule has 4 nitrogen and oxygen atoms in total. The SMILES string of the molecule is COc1cc(CN(C)C)cc(N=C=O)c1. The van der Waals surface area contributed by atoms with Gasteiger partial charge in [-0.25, -0.2) is 4.79 Å². The number of benzene rings is 1. The standard InChI is InChI=1S/C11H14N2O2/c1-13(2)7-9-4-10(12-8-14)6-11(5-9)15-3/h4-6H,7H2,1-3H3. The van der Waals surface area contributed by atoms with E-state index in [-0.39, 0.29) is 0 Å². The predicted molar refractivity (Wildman–Crippen MR) is 58.2 cm³/mol. The molecule has 0 bridgehead atoms. The van der Waals surface area contributed by atoms with Gasteiger partial charge in [0.05, 0.1) is 12.8 Å². The zero-order valence-electron chi connectivity index (χ0n) is 9.15. The molecule has 0 aromatic heterocycles. The van der Waals surface area contributed by atoms with Crippen LogP contribution in [0.15, 0.2) is 23.2 Å². The fourth-order valence-electron chi connectivity index (χ4n) is 1.33. The molecule has 80 valence electrons. The molecule has 0 aliphatic carbocycles. The number of hydrogen-bond donors (Lipinski definition) is 0. The number of isocyanates is 1. The number of nitrogens with zero attached hydrogens (tertiary/aromatic N) is 2. The van der Waals surface area contributed by atoms with Crippen LogP contribution in [0.25, 0.3) is 0 Å². The van der Waals surface area contributed by atoms with Gasteiger partial charge in [-0.3, -0.25) is 0 Å². The summed E-state index contributed by atoms with van der Waals surface area (Å²) in [4.78, 5) is 15.8. The molecule has 1 aromatic rings. The van der Waals surface area contributed by atoms with E-state index in [1.165, 1.54) is 6.08 Å². The maximum absolute atomic E-state index is 10.2. The van der Waals surface area contributed by atoms with Crippen molar-refractivity contribution in [2.75, 3.05) is 21.2 Å². The van der Waals surface area contributed by atoms with E-state index in [0.29, 0.717) is 11.4 Å². The minimum atomic E-state index is 0.571. The minimum absolute atomic E-state index is 0.571. The Hall–Kier alpha value is -1.64. The molecule has 15 heavy (non-hydrogen) atoms. The van der Waals surface area contributed by atoms with Gasteiger partial charge in [0.2, 0.25) is 6.08 Å². The van der Waals surface area contributed by atoms with Gasteiger partial charge in [0, 0.05) is 12.6 Å². The van der Waals surface area contributed by atoms with Crippen LogP contribution in [0.4, 0.5) is 5.69 Å². The maximum atomic E-state index is 10.2. The molecule has 1 aromatic carbocycles. The van der Waals surface area contributed by atoms with Crippen molar-refractivity contribution in [2.24, 2.45) is 4.99 Å². The van der Waals surface area contributed by atoms with Crippen LogP contribution in [0.2, 0.25) is 0 Å². The van der Waals surface area contributed by atoms with Gasteiger partial charge >= 0.3 is 0 Å². The molecule has 1 rings (SSSR count). The van der Waals surface area contributed by atoms with Gasteiger partial charge in [-0.15, -0.1) is 0 Å². The van der Waals surface area contributed by atoms with E-state index in [1.54, 1.807) is 13.2 Å². The average molecular weight is 206 g/mol. The molecule has 0 unspecified atom stereocenters. The molecule has 0 fully saturated rings. The van der Waals surface area contributed by atoms with Crippen LogP contribution in [0.1, 0.15) is 5.56 Å². The van der Waals surface area contributed by atoms with Crippen molar-refractivity contribution in [3.8, 4) is 5.75 Å². The summed E-state index contributed by atoms with van der Waals surface area (Å²) < 4.78 is 5.12. The second kappa shape index (κ2) is 5.29. The van der Waals surface area contributed by atoms with E-state index in [9.17, 15) is 4.79 Å². The quantitative estimate of drug-likeness (QED) is 0.556. The zero-order chi connectivity index (χ0) is 11.3. The molecular formula is C11H14N2O2. The molecule has 0 saturated heterocycles. The fraction of sp³-hybridized carbons (Fsp3) is 0.364. The van der Waals surface area contributed by atoms with Crippen LogP contribution < -0.4 is 4.74 Å². The van der Waals surface area contributed by atoms with Crippen LogP contribution in [0.3, 0.4) is 0 Å². The molecular weight excluding hydrogens is 192 g/mol. The summed E-state index contributed by atoms with van der Waals surface area (Å²) >= 11 is 0. The lowest BCUT2D eigenvalue weighted by Crippen LogP contribution is -2.10. The monoisotopic (exact) mass is 206 g/mol. The molecule has 0 aliphatic heterocycles. The summed E-state index contributed by atoms with van der Waals surface area (Å²) in [6.07, 6.45) is 1.52. The summed E-state index contributed by atoms with van der Waals surface area (Å²) in [7, 11) is 5.54. The number of aliphatic imine (C=N–C) groups is 1. The van der Waals surface area contributed by atoms with Crippen molar-refractivity contribution in [1.29, 1.82) is 0 Å². The number of rotatable bonds is 4. The van der Waals surface area contributed by atoms with Crippen molar-refractivity contribution in [1.82, 2.24) is 4.90 Å². The largest absolute Gasteiger partial charge is 0.497 e. The van der Waals surface area contributed by atoms with Gasteiger partial charge < -0.3 is 9.64 Å². The highest BCUT2D eigenvalue weighted by Crippen LogP contribution is 2.23. The van der Waals surface area contributed by atoms with E-state index in [4.69, 9.17) is 4.74 Å². The highest BCUT2D eigenvalue weighted by Gasteiger charge is 2.01. The van der Waals surface area contributed by atoms with Crippen molar-refractivity contribution in [3.63, 3.8) is 0 Å². The Bertz CT molecular complexity index is 382. The molecule has 0 spiro atoms. The molecule has 0 amide bonds. The first-order chi connectivity index (χ1) is 7.15. The first-order valence-electron chi connectivity index (χ1n) is 4.56. The molecule has 0 N–H and O–H groups in total. The molecule has 4 heteroatoms. The minimum Gasteiger partial charge on any atom is -0.497 e. The smallest absolute Gasteiger partial charge is 0.240 e. The molecule has 0 radical (unpaired) electrons. The normalized spacial score (nSPS) is 9.87. The lowest BCUT2D eigenvalue weighted by atomic mass is 10.2. The van der Waals surface area contributed by atoms with Crippen molar-refractivity contribution in [2.45, 2.75) is 6.54 Å². The van der Waals surface area contributed by atoms with Crippen LogP contribution in [0, 0.1) is 0 Å².